The van der Waals surface area contributed by atoms with E-state index in [1.165, 1.54) is 11.9 Å². The summed E-state index contributed by atoms with van der Waals surface area (Å²) in [5.74, 6) is 0.709. The minimum atomic E-state index is 0.415. The Kier molecular flexibility index (Phi) is 3.56. The van der Waals surface area contributed by atoms with E-state index in [0.717, 1.165) is 6.54 Å². The van der Waals surface area contributed by atoms with Crippen molar-refractivity contribution in [2.45, 2.75) is 6.54 Å². The van der Waals surface area contributed by atoms with Crippen molar-refractivity contribution in [1.82, 2.24) is 9.97 Å². The zero-order valence-electron chi connectivity index (χ0n) is 7.58. The summed E-state index contributed by atoms with van der Waals surface area (Å²) in [5, 5.41) is 7.72. The van der Waals surface area contributed by atoms with Gasteiger partial charge in [0.25, 0.3) is 0 Å². The molecule has 3 nitrogen and oxygen atoms in total. The highest BCUT2D eigenvalue weighted by Gasteiger charge is 2.05. The molecule has 1 N–H and O–H groups in total. The Bertz CT molecular complexity index is 447. The lowest BCUT2D eigenvalue weighted by molar-refractivity contribution is 1.08. The summed E-state index contributed by atoms with van der Waals surface area (Å²) < 4.78 is 0.696. The SMILES string of the molecule is Clc1ncnc(NCc2ccsc2)c1Br. The Morgan fingerprint density at radius 3 is 3.07 bits per heavy atom. The predicted molar refractivity (Wildman–Crippen MR) is 66.4 cm³/mol. The monoisotopic (exact) mass is 303 g/mol. The van der Waals surface area contributed by atoms with Crippen LogP contribution in [0.5, 0.6) is 0 Å². The molecule has 0 aromatic carbocycles. The van der Waals surface area contributed by atoms with Crippen molar-refractivity contribution < 1.29 is 0 Å². The molecule has 0 aliphatic rings. The summed E-state index contributed by atoms with van der Waals surface area (Å²) in [6, 6.07) is 2.06. The average Bonchev–Trinajstić information content (AvgIpc) is 2.73. The molecule has 0 amide bonds. The lowest BCUT2D eigenvalue weighted by Gasteiger charge is -2.06. The fourth-order valence-corrected chi connectivity index (χ4v) is 2.20. The molecule has 0 fully saturated rings. The molecule has 0 spiro atoms. The standard InChI is InChI=1S/C9H7BrClN3S/c10-7-8(11)13-5-14-9(7)12-3-6-1-2-15-4-6/h1-2,4-5H,3H2,(H,12,13,14). The van der Waals surface area contributed by atoms with E-state index in [2.05, 4.69) is 42.7 Å². The second-order valence-electron chi connectivity index (χ2n) is 2.81. The molecular weight excluding hydrogens is 298 g/mol. The van der Waals surface area contributed by atoms with Gasteiger partial charge >= 0.3 is 0 Å². The van der Waals surface area contributed by atoms with Crippen LogP contribution in [0.2, 0.25) is 5.15 Å². The van der Waals surface area contributed by atoms with Crippen molar-refractivity contribution in [3.8, 4) is 0 Å². The molecule has 0 unspecified atom stereocenters. The number of aromatic nitrogens is 2. The summed E-state index contributed by atoms with van der Waals surface area (Å²) in [6.07, 6.45) is 1.43. The number of nitrogens with one attached hydrogen (secondary N) is 1. The van der Waals surface area contributed by atoms with Crippen LogP contribution in [0.4, 0.5) is 5.82 Å². The molecular formula is C9H7BrClN3S. The van der Waals surface area contributed by atoms with Gasteiger partial charge in [-0.15, -0.1) is 0 Å². The van der Waals surface area contributed by atoms with Crippen LogP contribution >= 0.6 is 38.9 Å². The van der Waals surface area contributed by atoms with Gasteiger partial charge in [-0.1, -0.05) is 11.6 Å². The van der Waals surface area contributed by atoms with Crippen LogP contribution in [0.15, 0.2) is 27.6 Å². The van der Waals surface area contributed by atoms with Crippen LogP contribution in [-0.4, -0.2) is 9.97 Å². The molecule has 0 saturated carbocycles. The van der Waals surface area contributed by atoms with E-state index in [-0.39, 0.29) is 0 Å². The predicted octanol–water partition coefficient (Wildman–Crippen LogP) is 3.57. The first-order valence-electron chi connectivity index (χ1n) is 4.18. The highest BCUT2D eigenvalue weighted by Crippen LogP contribution is 2.26. The third-order valence-electron chi connectivity index (χ3n) is 1.79. The molecule has 0 saturated heterocycles. The highest BCUT2D eigenvalue weighted by molar-refractivity contribution is 9.10. The number of hydrogen-bond donors (Lipinski definition) is 1. The molecule has 0 aliphatic heterocycles. The fraction of sp³-hybridized carbons (Fsp3) is 0.111. The number of halogens is 2. The summed E-state index contributed by atoms with van der Waals surface area (Å²) in [7, 11) is 0. The van der Waals surface area contributed by atoms with Gasteiger partial charge in [-0.05, 0) is 38.3 Å². The Morgan fingerprint density at radius 2 is 2.33 bits per heavy atom. The highest BCUT2D eigenvalue weighted by atomic mass is 79.9. The third-order valence-corrected chi connectivity index (χ3v) is 3.79. The first kappa shape index (κ1) is 10.9. The quantitative estimate of drug-likeness (QED) is 0.881. The van der Waals surface area contributed by atoms with Crippen molar-refractivity contribution in [1.29, 1.82) is 0 Å². The van der Waals surface area contributed by atoms with Crippen molar-refractivity contribution in [2.24, 2.45) is 0 Å². The van der Waals surface area contributed by atoms with E-state index in [9.17, 15) is 0 Å². The van der Waals surface area contributed by atoms with Gasteiger partial charge in [0.15, 0.2) is 0 Å². The van der Waals surface area contributed by atoms with Crippen molar-refractivity contribution in [3.05, 3.63) is 38.3 Å². The molecule has 2 heterocycles. The summed E-state index contributed by atoms with van der Waals surface area (Å²) >= 11 is 10.8. The van der Waals surface area contributed by atoms with Gasteiger partial charge in [0.05, 0.1) is 4.47 Å². The van der Waals surface area contributed by atoms with Crippen LogP contribution in [-0.2, 0) is 6.54 Å². The molecule has 15 heavy (non-hydrogen) atoms. The second-order valence-corrected chi connectivity index (χ2v) is 4.74. The molecule has 2 aromatic rings. The molecule has 78 valence electrons. The lowest BCUT2D eigenvalue weighted by Crippen LogP contribution is -2.01. The molecule has 0 radical (unpaired) electrons. The fourth-order valence-electron chi connectivity index (χ4n) is 1.05. The first-order chi connectivity index (χ1) is 7.27. The maximum Gasteiger partial charge on any atom is 0.148 e. The van der Waals surface area contributed by atoms with Crippen LogP contribution in [0, 0.1) is 0 Å². The Hall–Kier alpha value is -0.650. The first-order valence-corrected chi connectivity index (χ1v) is 6.29. The van der Waals surface area contributed by atoms with Crippen LogP contribution in [0.3, 0.4) is 0 Å². The van der Waals surface area contributed by atoms with E-state index in [1.807, 2.05) is 5.38 Å². The maximum atomic E-state index is 5.84. The zero-order chi connectivity index (χ0) is 10.7. The van der Waals surface area contributed by atoms with Gasteiger partial charge in [-0.2, -0.15) is 11.3 Å². The number of rotatable bonds is 3. The van der Waals surface area contributed by atoms with Crippen LogP contribution < -0.4 is 5.32 Å². The van der Waals surface area contributed by atoms with E-state index >= 15 is 0 Å². The normalized spacial score (nSPS) is 10.3. The Morgan fingerprint density at radius 1 is 1.47 bits per heavy atom. The third kappa shape index (κ3) is 2.68. The van der Waals surface area contributed by atoms with Crippen molar-refractivity contribution in [3.63, 3.8) is 0 Å². The molecule has 0 aliphatic carbocycles. The van der Waals surface area contributed by atoms with Crippen molar-refractivity contribution in [2.75, 3.05) is 5.32 Å². The number of thiophene rings is 1. The minimum Gasteiger partial charge on any atom is -0.365 e. The van der Waals surface area contributed by atoms with Gasteiger partial charge in [-0.25, -0.2) is 9.97 Å². The molecule has 0 atom stereocenters. The smallest absolute Gasteiger partial charge is 0.148 e. The summed E-state index contributed by atoms with van der Waals surface area (Å²) in [6.45, 7) is 0.732. The van der Waals surface area contributed by atoms with Gasteiger partial charge in [0, 0.05) is 6.54 Å². The minimum absolute atomic E-state index is 0.415. The molecule has 0 bridgehead atoms. The molecule has 6 heteroatoms. The van der Waals surface area contributed by atoms with Crippen LogP contribution in [0.25, 0.3) is 0 Å². The largest absolute Gasteiger partial charge is 0.365 e. The van der Waals surface area contributed by atoms with Gasteiger partial charge in [0.1, 0.15) is 17.3 Å². The summed E-state index contributed by atoms with van der Waals surface area (Å²) in [4.78, 5) is 7.94. The Labute approximate surface area is 105 Å². The maximum absolute atomic E-state index is 5.84. The number of nitrogens with zero attached hydrogens (tertiary/aromatic N) is 2. The van der Waals surface area contributed by atoms with Gasteiger partial charge in [0.2, 0.25) is 0 Å². The average molecular weight is 305 g/mol. The number of anilines is 1. The second kappa shape index (κ2) is 4.92. The zero-order valence-corrected chi connectivity index (χ0v) is 10.7. The lowest BCUT2D eigenvalue weighted by atomic mass is 10.3. The number of hydrogen-bond acceptors (Lipinski definition) is 4. The van der Waals surface area contributed by atoms with E-state index in [4.69, 9.17) is 11.6 Å². The topological polar surface area (TPSA) is 37.8 Å². The molecule has 2 rings (SSSR count). The Balaban J connectivity index is 2.08. The van der Waals surface area contributed by atoms with Crippen molar-refractivity contribution >= 4 is 44.7 Å². The molecule has 2 aromatic heterocycles. The van der Waals surface area contributed by atoms with E-state index < -0.39 is 0 Å². The van der Waals surface area contributed by atoms with E-state index in [1.54, 1.807) is 11.3 Å². The van der Waals surface area contributed by atoms with Gasteiger partial charge < -0.3 is 5.32 Å². The van der Waals surface area contributed by atoms with E-state index in [0.29, 0.717) is 15.4 Å². The van der Waals surface area contributed by atoms with Crippen LogP contribution in [0.1, 0.15) is 5.56 Å². The van der Waals surface area contributed by atoms with Gasteiger partial charge in [-0.3, -0.25) is 0 Å². The summed E-state index contributed by atoms with van der Waals surface area (Å²) in [5.41, 5.74) is 1.22.